The van der Waals surface area contributed by atoms with Crippen molar-refractivity contribution in [2.45, 2.75) is 39.7 Å². The largest absolute Gasteiger partial charge is 0.396 e. The van der Waals surface area contributed by atoms with Crippen LogP contribution in [0.5, 0.6) is 0 Å². The number of rotatable bonds is 3. The highest BCUT2D eigenvalue weighted by Crippen LogP contribution is 2.33. The van der Waals surface area contributed by atoms with E-state index in [9.17, 15) is 5.11 Å². The molecule has 0 amide bonds. The Morgan fingerprint density at radius 1 is 1.44 bits per heavy atom. The Balaban J connectivity index is 2.11. The second-order valence-corrected chi connectivity index (χ2v) is 6.13. The number of hydrogen-bond donors (Lipinski definition) is 1. The van der Waals surface area contributed by atoms with Gasteiger partial charge in [0.05, 0.1) is 0 Å². The highest BCUT2D eigenvalue weighted by molar-refractivity contribution is 5.24. The third-order valence-corrected chi connectivity index (χ3v) is 4.26. The van der Waals surface area contributed by atoms with E-state index in [1.807, 2.05) is 0 Å². The SMILES string of the molecule is Cc1cccc(C(C)N2CCCC(C)(CO)C2)c1. The first kappa shape index (κ1) is 13.6. The second-order valence-electron chi connectivity index (χ2n) is 6.13. The number of benzene rings is 1. The van der Waals surface area contributed by atoms with Crippen LogP contribution in [0.25, 0.3) is 0 Å². The van der Waals surface area contributed by atoms with Crippen LogP contribution in [-0.2, 0) is 0 Å². The molecule has 1 aliphatic heterocycles. The number of aliphatic hydroxyl groups is 1. The van der Waals surface area contributed by atoms with Crippen molar-refractivity contribution >= 4 is 0 Å². The summed E-state index contributed by atoms with van der Waals surface area (Å²) >= 11 is 0. The molecule has 2 atom stereocenters. The Bertz CT molecular complexity index is 404. The molecule has 1 N–H and O–H groups in total. The molecule has 1 heterocycles. The van der Waals surface area contributed by atoms with E-state index in [2.05, 4.69) is 49.9 Å². The molecular formula is C16H25NO. The summed E-state index contributed by atoms with van der Waals surface area (Å²) in [6.07, 6.45) is 2.33. The van der Waals surface area contributed by atoms with E-state index in [4.69, 9.17) is 0 Å². The maximum absolute atomic E-state index is 9.54. The Morgan fingerprint density at radius 3 is 2.89 bits per heavy atom. The number of hydrogen-bond acceptors (Lipinski definition) is 2. The zero-order valence-electron chi connectivity index (χ0n) is 11.8. The van der Waals surface area contributed by atoms with E-state index in [1.165, 1.54) is 17.5 Å². The van der Waals surface area contributed by atoms with Crippen LogP contribution in [0, 0.1) is 12.3 Å². The highest BCUT2D eigenvalue weighted by Gasteiger charge is 2.32. The van der Waals surface area contributed by atoms with Crippen LogP contribution in [0.4, 0.5) is 0 Å². The number of likely N-dealkylation sites (tertiary alicyclic amines) is 1. The van der Waals surface area contributed by atoms with Gasteiger partial charge in [0.2, 0.25) is 0 Å². The van der Waals surface area contributed by atoms with Crippen molar-refractivity contribution in [3.8, 4) is 0 Å². The quantitative estimate of drug-likeness (QED) is 0.887. The molecule has 1 aliphatic rings. The lowest BCUT2D eigenvalue weighted by Gasteiger charge is -2.42. The van der Waals surface area contributed by atoms with E-state index in [-0.39, 0.29) is 5.41 Å². The maximum atomic E-state index is 9.54. The fraction of sp³-hybridized carbons (Fsp3) is 0.625. The lowest BCUT2D eigenvalue weighted by Crippen LogP contribution is -2.44. The zero-order chi connectivity index (χ0) is 13.2. The molecule has 1 fully saturated rings. The van der Waals surface area contributed by atoms with E-state index in [0.29, 0.717) is 12.6 Å². The standard InChI is InChI=1S/C16H25NO/c1-13-6-4-7-15(10-13)14(2)17-9-5-8-16(3,11-17)12-18/h4,6-7,10,14,18H,5,8-9,11-12H2,1-3H3. The predicted octanol–water partition coefficient (Wildman–Crippen LogP) is 3.15. The Morgan fingerprint density at radius 2 is 2.22 bits per heavy atom. The van der Waals surface area contributed by atoms with Crippen molar-refractivity contribution in [3.63, 3.8) is 0 Å². The van der Waals surface area contributed by atoms with Crippen LogP contribution in [0.3, 0.4) is 0 Å². The van der Waals surface area contributed by atoms with Gasteiger partial charge in [-0.3, -0.25) is 4.90 Å². The minimum Gasteiger partial charge on any atom is -0.396 e. The fourth-order valence-electron chi connectivity index (χ4n) is 2.96. The molecule has 2 nitrogen and oxygen atoms in total. The molecule has 0 spiro atoms. The lowest BCUT2D eigenvalue weighted by atomic mass is 9.82. The highest BCUT2D eigenvalue weighted by atomic mass is 16.3. The van der Waals surface area contributed by atoms with Gasteiger partial charge in [-0.25, -0.2) is 0 Å². The summed E-state index contributed by atoms with van der Waals surface area (Å²) in [5, 5.41) is 9.54. The molecule has 100 valence electrons. The predicted molar refractivity (Wildman–Crippen MR) is 75.6 cm³/mol. The van der Waals surface area contributed by atoms with Gasteiger partial charge in [0.15, 0.2) is 0 Å². The van der Waals surface area contributed by atoms with Crippen molar-refractivity contribution in [2.75, 3.05) is 19.7 Å². The smallest absolute Gasteiger partial charge is 0.0497 e. The maximum Gasteiger partial charge on any atom is 0.0497 e. The van der Waals surface area contributed by atoms with E-state index in [1.54, 1.807) is 0 Å². The molecule has 18 heavy (non-hydrogen) atoms. The molecule has 2 rings (SSSR count). The third kappa shape index (κ3) is 2.93. The van der Waals surface area contributed by atoms with E-state index >= 15 is 0 Å². The lowest BCUT2D eigenvalue weighted by molar-refractivity contribution is 0.0281. The molecule has 0 aliphatic carbocycles. The summed E-state index contributed by atoms with van der Waals surface area (Å²) in [6.45, 7) is 9.05. The number of aryl methyl sites for hydroxylation is 1. The molecule has 0 bridgehead atoms. The van der Waals surface area contributed by atoms with Crippen molar-refractivity contribution in [2.24, 2.45) is 5.41 Å². The Labute approximate surface area is 111 Å². The van der Waals surface area contributed by atoms with Crippen LogP contribution in [0.15, 0.2) is 24.3 Å². The first-order chi connectivity index (χ1) is 8.54. The van der Waals surface area contributed by atoms with Gasteiger partial charge in [0, 0.05) is 24.6 Å². The third-order valence-electron chi connectivity index (χ3n) is 4.26. The molecule has 2 heteroatoms. The van der Waals surface area contributed by atoms with E-state index in [0.717, 1.165) is 19.5 Å². The zero-order valence-corrected chi connectivity index (χ0v) is 11.8. The molecule has 2 unspecified atom stereocenters. The van der Waals surface area contributed by atoms with Gasteiger partial charge in [-0.05, 0) is 38.8 Å². The van der Waals surface area contributed by atoms with Gasteiger partial charge in [0.25, 0.3) is 0 Å². The first-order valence-electron chi connectivity index (χ1n) is 6.95. The summed E-state index contributed by atoms with van der Waals surface area (Å²) < 4.78 is 0. The van der Waals surface area contributed by atoms with Crippen molar-refractivity contribution < 1.29 is 5.11 Å². The molecule has 0 aromatic heterocycles. The summed E-state index contributed by atoms with van der Waals surface area (Å²) in [5.74, 6) is 0. The van der Waals surface area contributed by atoms with Gasteiger partial charge < -0.3 is 5.11 Å². The average molecular weight is 247 g/mol. The molecule has 1 saturated heterocycles. The van der Waals surface area contributed by atoms with Gasteiger partial charge in [-0.2, -0.15) is 0 Å². The number of nitrogens with zero attached hydrogens (tertiary/aromatic N) is 1. The minimum absolute atomic E-state index is 0.0797. The number of aliphatic hydroxyl groups excluding tert-OH is 1. The topological polar surface area (TPSA) is 23.5 Å². The minimum atomic E-state index is 0.0797. The summed E-state index contributed by atoms with van der Waals surface area (Å²) in [4.78, 5) is 2.51. The van der Waals surface area contributed by atoms with Gasteiger partial charge in [0.1, 0.15) is 0 Å². The molecule has 0 radical (unpaired) electrons. The normalized spacial score (nSPS) is 27.1. The summed E-state index contributed by atoms with van der Waals surface area (Å²) in [5.41, 5.74) is 2.79. The summed E-state index contributed by atoms with van der Waals surface area (Å²) in [7, 11) is 0. The van der Waals surface area contributed by atoms with Crippen LogP contribution in [0.1, 0.15) is 43.9 Å². The molecule has 0 saturated carbocycles. The fourth-order valence-corrected chi connectivity index (χ4v) is 2.96. The van der Waals surface area contributed by atoms with Gasteiger partial charge in [-0.1, -0.05) is 36.8 Å². The van der Waals surface area contributed by atoms with Crippen molar-refractivity contribution in [3.05, 3.63) is 35.4 Å². The van der Waals surface area contributed by atoms with Crippen LogP contribution in [-0.4, -0.2) is 29.7 Å². The average Bonchev–Trinajstić information content (AvgIpc) is 2.38. The second kappa shape index (κ2) is 5.41. The van der Waals surface area contributed by atoms with Crippen LogP contribution < -0.4 is 0 Å². The Kier molecular flexibility index (Phi) is 4.08. The Hall–Kier alpha value is -0.860. The van der Waals surface area contributed by atoms with Crippen molar-refractivity contribution in [1.82, 2.24) is 4.90 Å². The van der Waals surface area contributed by atoms with Gasteiger partial charge in [-0.15, -0.1) is 0 Å². The van der Waals surface area contributed by atoms with Crippen molar-refractivity contribution in [1.29, 1.82) is 0 Å². The first-order valence-corrected chi connectivity index (χ1v) is 6.95. The monoisotopic (exact) mass is 247 g/mol. The van der Waals surface area contributed by atoms with Crippen LogP contribution >= 0.6 is 0 Å². The molecular weight excluding hydrogens is 222 g/mol. The van der Waals surface area contributed by atoms with Gasteiger partial charge >= 0.3 is 0 Å². The number of piperidine rings is 1. The summed E-state index contributed by atoms with van der Waals surface area (Å²) in [6, 6.07) is 9.20. The molecule has 1 aromatic carbocycles. The van der Waals surface area contributed by atoms with Crippen LogP contribution in [0.2, 0.25) is 0 Å². The van der Waals surface area contributed by atoms with E-state index < -0.39 is 0 Å². The molecule has 1 aromatic rings.